The third-order valence-corrected chi connectivity index (χ3v) is 6.45. The highest BCUT2D eigenvalue weighted by Crippen LogP contribution is 2.43. The van der Waals surface area contributed by atoms with Gasteiger partial charge in [-0.25, -0.2) is 4.79 Å². The van der Waals surface area contributed by atoms with Crippen molar-refractivity contribution in [2.45, 2.75) is 43.9 Å². The van der Waals surface area contributed by atoms with Crippen LogP contribution in [0.15, 0.2) is 60.7 Å². The van der Waals surface area contributed by atoms with Crippen LogP contribution in [0.2, 0.25) is 0 Å². The maximum absolute atomic E-state index is 13.2. The zero-order valence-electron chi connectivity index (χ0n) is 16.6. The highest BCUT2D eigenvalue weighted by atomic mass is 16.6. The SMILES string of the molecule is O=C(Oc1ccccc1)[C@@](O)(C1CCC(O)C1)[C@H]1CCN(Cc2ccccc2)C1. The molecule has 1 saturated heterocycles. The summed E-state index contributed by atoms with van der Waals surface area (Å²) in [6, 6.07) is 19.1. The first kappa shape index (κ1) is 20.1. The summed E-state index contributed by atoms with van der Waals surface area (Å²) in [5.41, 5.74) is -0.362. The topological polar surface area (TPSA) is 70.0 Å². The minimum atomic E-state index is -1.58. The van der Waals surface area contributed by atoms with Crippen LogP contribution < -0.4 is 4.74 Å². The smallest absolute Gasteiger partial charge is 0.344 e. The van der Waals surface area contributed by atoms with Gasteiger partial charge in [-0.1, -0.05) is 48.5 Å². The molecular weight excluding hydrogens is 366 g/mol. The largest absolute Gasteiger partial charge is 0.424 e. The zero-order valence-corrected chi connectivity index (χ0v) is 16.6. The van der Waals surface area contributed by atoms with E-state index in [2.05, 4.69) is 17.0 Å². The van der Waals surface area contributed by atoms with Crippen molar-refractivity contribution < 1.29 is 19.7 Å². The Morgan fingerprint density at radius 3 is 2.34 bits per heavy atom. The molecule has 0 spiro atoms. The van der Waals surface area contributed by atoms with Gasteiger partial charge in [0, 0.05) is 24.9 Å². The molecule has 154 valence electrons. The molecule has 1 aliphatic heterocycles. The Kier molecular flexibility index (Phi) is 5.99. The number of hydrogen-bond donors (Lipinski definition) is 2. The van der Waals surface area contributed by atoms with Crippen molar-refractivity contribution in [3.8, 4) is 5.75 Å². The Morgan fingerprint density at radius 2 is 1.69 bits per heavy atom. The molecule has 2 unspecified atom stereocenters. The number of hydrogen-bond acceptors (Lipinski definition) is 5. The number of ether oxygens (including phenoxy) is 1. The van der Waals surface area contributed by atoms with Gasteiger partial charge in [-0.05, 0) is 49.9 Å². The number of rotatable bonds is 6. The van der Waals surface area contributed by atoms with Crippen LogP contribution in [0.25, 0.3) is 0 Å². The first-order valence-corrected chi connectivity index (χ1v) is 10.5. The van der Waals surface area contributed by atoms with E-state index >= 15 is 0 Å². The third-order valence-electron chi connectivity index (χ3n) is 6.45. The number of aliphatic hydroxyl groups excluding tert-OH is 1. The average molecular weight is 395 g/mol. The van der Waals surface area contributed by atoms with E-state index in [0.717, 1.165) is 19.5 Å². The molecule has 0 amide bonds. The summed E-state index contributed by atoms with van der Waals surface area (Å²) in [7, 11) is 0. The summed E-state index contributed by atoms with van der Waals surface area (Å²) in [5, 5.41) is 21.8. The number of likely N-dealkylation sites (tertiary alicyclic amines) is 1. The van der Waals surface area contributed by atoms with E-state index in [1.807, 2.05) is 24.3 Å². The summed E-state index contributed by atoms with van der Waals surface area (Å²) < 4.78 is 5.60. The van der Waals surface area contributed by atoms with Crippen molar-refractivity contribution in [3.05, 3.63) is 66.2 Å². The number of nitrogens with zero attached hydrogens (tertiary/aromatic N) is 1. The van der Waals surface area contributed by atoms with Gasteiger partial charge < -0.3 is 14.9 Å². The molecule has 0 bridgehead atoms. The van der Waals surface area contributed by atoms with Crippen LogP contribution in [-0.4, -0.2) is 45.9 Å². The molecule has 0 radical (unpaired) electrons. The molecule has 5 heteroatoms. The summed E-state index contributed by atoms with van der Waals surface area (Å²) in [4.78, 5) is 15.5. The van der Waals surface area contributed by atoms with Crippen molar-refractivity contribution in [1.29, 1.82) is 0 Å². The average Bonchev–Trinajstić information content (AvgIpc) is 3.38. The standard InChI is InChI=1S/C24H29NO4/c26-21-12-11-19(15-21)24(28,23(27)29-22-9-5-2-6-10-22)20-13-14-25(17-20)16-18-7-3-1-4-8-18/h1-10,19-21,26,28H,11-17H2/t19?,20-,21?,24+/m0/s1. The molecule has 4 rings (SSSR count). The van der Waals surface area contributed by atoms with Gasteiger partial charge in [0.25, 0.3) is 0 Å². The van der Waals surface area contributed by atoms with E-state index < -0.39 is 17.7 Å². The highest BCUT2D eigenvalue weighted by Gasteiger charge is 2.54. The van der Waals surface area contributed by atoms with Gasteiger partial charge in [0.05, 0.1) is 6.10 Å². The van der Waals surface area contributed by atoms with Gasteiger partial charge in [0.2, 0.25) is 0 Å². The van der Waals surface area contributed by atoms with Gasteiger partial charge in [0.15, 0.2) is 5.60 Å². The second kappa shape index (κ2) is 8.66. The fraction of sp³-hybridized carbons (Fsp3) is 0.458. The minimum absolute atomic E-state index is 0.210. The van der Waals surface area contributed by atoms with Gasteiger partial charge in [0.1, 0.15) is 5.75 Å². The van der Waals surface area contributed by atoms with E-state index in [9.17, 15) is 15.0 Å². The van der Waals surface area contributed by atoms with Gasteiger partial charge in [-0.3, -0.25) is 4.90 Å². The number of carbonyl (C=O) groups excluding carboxylic acids is 1. The summed E-state index contributed by atoms with van der Waals surface area (Å²) in [5.74, 6) is -0.643. The lowest BCUT2D eigenvalue weighted by Crippen LogP contribution is -2.54. The van der Waals surface area contributed by atoms with Crippen LogP contribution in [0.5, 0.6) is 5.75 Å². The van der Waals surface area contributed by atoms with E-state index in [0.29, 0.717) is 31.6 Å². The van der Waals surface area contributed by atoms with Crippen LogP contribution in [0.1, 0.15) is 31.2 Å². The second-order valence-electron chi connectivity index (χ2n) is 8.40. The molecule has 29 heavy (non-hydrogen) atoms. The maximum atomic E-state index is 13.2. The van der Waals surface area contributed by atoms with Crippen LogP contribution in [-0.2, 0) is 11.3 Å². The number of benzene rings is 2. The van der Waals surface area contributed by atoms with Crippen molar-refractivity contribution in [2.24, 2.45) is 11.8 Å². The summed E-state index contributed by atoms with van der Waals surface area (Å²) >= 11 is 0. The van der Waals surface area contributed by atoms with Crippen molar-refractivity contribution in [1.82, 2.24) is 4.90 Å². The van der Waals surface area contributed by atoms with E-state index in [4.69, 9.17) is 4.74 Å². The number of carbonyl (C=O) groups is 1. The quantitative estimate of drug-likeness (QED) is 0.581. The molecule has 0 aromatic heterocycles. The van der Waals surface area contributed by atoms with Crippen LogP contribution in [0.4, 0.5) is 0 Å². The first-order valence-electron chi connectivity index (χ1n) is 10.5. The lowest BCUT2D eigenvalue weighted by molar-refractivity contribution is -0.170. The van der Waals surface area contributed by atoms with Crippen LogP contribution in [0.3, 0.4) is 0 Å². The zero-order chi connectivity index (χ0) is 20.3. The molecule has 1 saturated carbocycles. The molecular formula is C24H29NO4. The molecule has 2 aromatic rings. The van der Waals surface area contributed by atoms with Crippen molar-refractivity contribution >= 4 is 5.97 Å². The van der Waals surface area contributed by atoms with Gasteiger partial charge in [-0.2, -0.15) is 0 Å². The highest BCUT2D eigenvalue weighted by molar-refractivity contribution is 5.82. The summed E-state index contributed by atoms with van der Waals surface area (Å²) in [6.07, 6.45) is 1.97. The lowest BCUT2D eigenvalue weighted by Gasteiger charge is -2.36. The maximum Gasteiger partial charge on any atom is 0.344 e. The number of para-hydroxylation sites is 1. The Labute approximate surface area is 171 Å². The van der Waals surface area contributed by atoms with Gasteiger partial charge in [-0.15, -0.1) is 0 Å². The third kappa shape index (κ3) is 4.37. The minimum Gasteiger partial charge on any atom is -0.424 e. The monoisotopic (exact) mass is 395 g/mol. The molecule has 2 aromatic carbocycles. The van der Waals surface area contributed by atoms with E-state index in [1.165, 1.54) is 5.56 Å². The van der Waals surface area contributed by atoms with Crippen LogP contribution in [0, 0.1) is 11.8 Å². The number of aliphatic hydroxyl groups is 2. The predicted octanol–water partition coefficient (Wildman–Crippen LogP) is 3.01. The Morgan fingerprint density at radius 1 is 1.00 bits per heavy atom. The number of esters is 1. The molecule has 2 N–H and O–H groups in total. The van der Waals surface area contributed by atoms with E-state index in [-0.39, 0.29) is 11.8 Å². The lowest BCUT2D eigenvalue weighted by atomic mass is 9.75. The van der Waals surface area contributed by atoms with Crippen LogP contribution >= 0.6 is 0 Å². The summed E-state index contributed by atoms with van der Waals surface area (Å²) in [6.45, 7) is 2.27. The second-order valence-corrected chi connectivity index (χ2v) is 8.40. The Bertz CT molecular complexity index is 812. The molecule has 4 atom stereocenters. The fourth-order valence-electron chi connectivity index (χ4n) is 4.88. The molecule has 1 aliphatic carbocycles. The molecule has 2 aliphatic rings. The predicted molar refractivity (Wildman–Crippen MR) is 110 cm³/mol. The molecule has 1 heterocycles. The van der Waals surface area contributed by atoms with Crippen molar-refractivity contribution in [3.63, 3.8) is 0 Å². The first-order chi connectivity index (χ1) is 14.1. The molecule has 5 nitrogen and oxygen atoms in total. The molecule has 2 fully saturated rings. The van der Waals surface area contributed by atoms with Gasteiger partial charge >= 0.3 is 5.97 Å². The van der Waals surface area contributed by atoms with Crippen molar-refractivity contribution in [2.75, 3.05) is 13.1 Å². The van der Waals surface area contributed by atoms with E-state index in [1.54, 1.807) is 24.3 Å². The fourth-order valence-corrected chi connectivity index (χ4v) is 4.88. The normalized spacial score (nSPS) is 26.9. The Hall–Kier alpha value is -2.21. The Balaban J connectivity index is 1.52.